The molecule has 1 aromatic carbocycles. The lowest BCUT2D eigenvalue weighted by atomic mass is 9.92. The number of carbonyl (C=O) groups is 1. The highest BCUT2D eigenvalue weighted by Gasteiger charge is 2.26. The number of carboxylic acids is 1. The SMILES string of the molecule is Cc1cc(Cl)ccc1C(CC(=O)O)C(F)F. The number of aliphatic carboxylic acids is 1. The highest BCUT2D eigenvalue weighted by molar-refractivity contribution is 6.30. The number of rotatable bonds is 4. The van der Waals surface area contributed by atoms with Crippen molar-refractivity contribution in [3.63, 3.8) is 0 Å². The molecule has 0 aliphatic carbocycles. The van der Waals surface area contributed by atoms with Crippen LogP contribution in [0.25, 0.3) is 0 Å². The summed E-state index contributed by atoms with van der Waals surface area (Å²) < 4.78 is 25.5. The second kappa shape index (κ2) is 5.25. The van der Waals surface area contributed by atoms with Crippen LogP contribution in [0, 0.1) is 6.92 Å². The maximum Gasteiger partial charge on any atom is 0.304 e. The van der Waals surface area contributed by atoms with Gasteiger partial charge in [-0.2, -0.15) is 0 Å². The van der Waals surface area contributed by atoms with Crippen LogP contribution in [-0.2, 0) is 4.79 Å². The van der Waals surface area contributed by atoms with Crippen molar-refractivity contribution in [2.75, 3.05) is 0 Å². The molecule has 0 spiro atoms. The molecule has 2 nitrogen and oxygen atoms in total. The lowest BCUT2D eigenvalue weighted by Crippen LogP contribution is -2.15. The van der Waals surface area contributed by atoms with E-state index in [9.17, 15) is 13.6 Å². The molecule has 0 radical (unpaired) electrons. The minimum Gasteiger partial charge on any atom is -0.481 e. The van der Waals surface area contributed by atoms with Gasteiger partial charge in [-0.15, -0.1) is 0 Å². The van der Waals surface area contributed by atoms with Crippen LogP contribution in [0.3, 0.4) is 0 Å². The number of carboxylic acid groups (broad SMARTS) is 1. The molecule has 0 saturated carbocycles. The quantitative estimate of drug-likeness (QED) is 0.886. The molecule has 5 heteroatoms. The Bertz CT molecular complexity index is 394. The van der Waals surface area contributed by atoms with Crippen molar-refractivity contribution in [2.24, 2.45) is 0 Å². The maximum atomic E-state index is 12.7. The van der Waals surface area contributed by atoms with Crippen LogP contribution in [0.5, 0.6) is 0 Å². The molecule has 0 aliphatic rings. The molecule has 1 unspecified atom stereocenters. The van der Waals surface area contributed by atoms with Crippen LogP contribution in [0.1, 0.15) is 23.5 Å². The molecule has 1 atom stereocenters. The summed E-state index contributed by atoms with van der Waals surface area (Å²) in [6, 6.07) is 4.49. The predicted octanol–water partition coefficient (Wildman–Crippen LogP) is 3.47. The van der Waals surface area contributed by atoms with Crippen molar-refractivity contribution in [3.05, 3.63) is 34.3 Å². The van der Waals surface area contributed by atoms with Gasteiger partial charge in [0.15, 0.2) is 0 Å². The Morgan fingerprint density at radius 3 is 2.56 bits per heavy atom. The molecule has 0 aromatic heterocycles. The number of aryl methyl sites for hydroxylation is 1. The first kappa shape index (κ1) is 12.9. The van der Waals surface area contributed by atoms with Crippen LogP contribution in [0.15, 0.2) is 18.2 Å². The molecule has 1 rings (SSSR count). The molecule has 0 heterocycles. The van der Waals surface area contributed by atoms with E-state index in [2.05, 4.69) is 0 Å². The Kier molecular flexibility index (Phi) is 4.24. The minimum atomic E-state index is -2.70. The zero-order valence-corrected chi connectivity index (χ0v) is 9.34. The monoisotopic (exact) mass is 248 g/mol. The van der Waals surface area contributed by atoms with Gasteiger partial charge in [-0.25, -0.2) is 8.78 Å². The molecule has 1 aromatic rings. The van der Waals surface area contributed by atoms with E-state index in [4.69, 9.17) is 16.7 Å². The molecule has 0 fully saturated rings. The second-order valence-electron chi connectivity index (χ2n) is 3.54. The van der Waals surface area contributed by atoms with Crippen LogP contribution in [-0.4, -0.2) is 17.5 Å². The molecule has 0 aliphatic heterocycles. The first-order valence-corrected chi connectivity index (χ1v) is 5.05. The van der Waals surface area contributed by atoms with Crippen molar-refractivity contribution < 1.29 is 18.7 Å². The number of hydrogen-bond donors (Lipinski definition) is 1. The summed E-state index contributed by atoms with van der Waals surface area (Å²) in [6.45, 7) is 1.64. The average molecular weight is 249 g/mol. The Hall–Kier alpha value is -1.16. The van der Waals surface area contributed by atoms with E-state index < -0.39 is 24.7 Å². The topological polar surface area (TPSA) is 37.3 Å². The van der Waals surface area contributed by atoms with E-state index >= 15 is 0 Å². The summed E-state index contributed by atoms with van der Waals surface area (Å²) in [5.41, 5.74) is 0.917. The second-order valence-corrected chi connectivity index (χ2v) is 3.98. The van der Waals surface area contributed by atoms with E-state index in [0.717, 1.165) is 0 Å². The van der Waals surface area contributed by atoms with Crippen molar-refractivity contribution in [1.29, 1.82) is 0 Å². The summed E-state index contributed by atoms with van der Waals surface area (Å²) in [6.07, 6.45) is -3.28. The predicted molar refractivity (Wildman–Crippen MR) is 57.2 cm³/mol. The van der Waals surface area contributed by atoms with Gasteiger partial charge in [-0.3, -0.25) is 4.79 Å². The van der Waals surface area contributed by atoms with Crippen LogP contribution < -0.4 is 0 Å². The minimum absolute atomic E-state index is 0.335. The summed E-state index contributed by atoms with van der Waals surface area (Å²) in [4.78, 5) is 10.5. The Morgan fingerprint density at radius 1 is 1.50 bits per heavy atom. The molecule has 0 bridgehead atoms. The highest BCUT2D eigenvalue weighted by Crippen LogP contribution is 2.30. The van der Waals surface area contributed by atoms with Gasteiger partial charge in [0.1, 0.15) is 0 Å². The van der Waals surface area contributed by atoms with Crippen molar-refractivity contribution in [1.82, 2.24) is 0 Å². The molecule has 88 valence electrons. The highest BCUT2D eigenvalue weighted by atomic mass is 35.5. The van der Waals surface area contributed by atoms with Gasteiger partial charge in [0.25, 0.3) is 0 Å². The number of benzene rings is 1. The van der Waals surface area contributed by atoms with Crippen molar-refractivity contribution >= 4 is 17.6 Å². The van der Waals surface area contributed by atoms with Gasteiger partial charge in [0.2, 0.25) is 6.43 Å². The van der Waals surface area contributed by atoms with Gasteiger partial charge in [0.05, 0.1) is 12.3 Å². The van der Waals surface area contributed by atoms with Crippen molar-refractivity contribution in [3.8, 4) is 0 Å². The van der Waals surface area contributed by atoms with E-state index in [1.165, 1.54) is 12.1 Å². The van der Waals surface area contributed by atoms with Gasteiger partial charge in [0, 0.05) is 5.02 Å². The third-order valence-corrected chi connectivity index (χ3v) is 2.57. The summed E-state index contributed by atoms with van der Waals surface area (Å²) in [5, 5.41) is 9.03. The molecule has 0 saturated heterocycles. The Labute approximate surface area is 96.8 Å². The van der Waals surface area contributed by atoms with E-state index in [-0.39, 0.29) is 0 Å². The average Bonchev–Trinajstić information content (AvgIpc) is 2.14. The van der Waals surface area contributed by atoms with Crippen LogP contribution >= 0.6 is 11.6 Å². The van der Waals surface area contributed by atoms with Crippen molar-refractivity contribution in [2.45, 2.75) is 25.7 Å². The lowest BCUT2D eigenvalue weighted by Gasteiger charge is -2.16. The Morgan fingerprint density at radius 2 is 2.12 bits per heavy atom. The fraction of sp³-hybridized carbons (Fsp3) is 0.364. The first-order valence-electron chi connectivity index (χ1n) is 4.67. The van der Waals surface area contributed by atoms with Gasteiger partial charge in [-0.1, -0.05) is 17.7 Å². The van der Waals surface area contributed by atoms with E-state index in [1.54, 1.807) is 13.0 Å². The third-order valence-electron chi connectivity index (χ3n) is 2.33. The van der Waals surface area contributed by atoms with Crippen LogP contribution in [0.2, 0.25) is 5.02 Å². The number of hydrogen-bond acceptors (Lipinski definition) is 1. The third kappa shape index (κ3) is 3.17. The summed E-state index contributed by atoms with van der Waals surface area (Å²) in [7, 11) is 0. The summed E-state index contributed by atoms with van der Waals surface area (Å²) in [5.74, 6) is -2.52. The normalized spacial score (nSPS) is 12.8. The smallest absolute Gasteiger partial charge is 0.304 e. The molecular formula is C11H11ClF2O2. The molecule has 16 heavy (non-hydrogen) atoms. The zero-order valence-electron chi connectivity index (χ0n) is 8.58. The number of halogens is 3. The van der Waals surface area contributed by atoms with Gasteiger partial charge < -0.3 is 5.11 Å². The number of alkyl halides is 2. The standard InChI is InChI=1S/C11H11ClF2O2/c1-6-4-7(12)2-3-8(6)9(11(13)14)5-10(15)16/h2-4,9,11H,5H2,1H3,(H,15,16). The molecule has 0 amide bonds. The molecule has 1 N–H and O–H groups in total. The van der Waals surface area contributed by atoms with Gasteiger partial charge >= 0.3 is 5.97 Å². The fourth-order valence-corrected chi connectivity index (χ4v) is 1.80. The summed E-state index contributed by atoms with van der Waals surface area (Å²) >= 11 is 5.70. The largest absolute Gasteiger partial charge is 0.481 e. The maximum absolute atomic E-state index is 12.7. The first-order chi connectivity index (χ1) is 7.41. The zero-order chi connectivity index (χ0) is 12.3. The lowest BCUT2D eigenvalue weighted by molar-refractivity contribution is -0.138. The van der Waals surface area contributed by atoms with E-state index in [1.807, 2.05) is 0 Å². The van der Waals surface area contributed by atoms with Gasteiger partial charge in [-0.05, 0) is 30.2 Å². The van der Waals surface area contributed by atoms with Crippen LogP contribution in [0.4, 0.5) is 8.78 Å². The van der Waals surface area contributed by atoms with E-state index in [0.29, 0.717) is 16.1 Å². The fourth-order valence-electron chi connectivity index (χ4n) is 1.58. The molecular weight excluding hydrogens is 238 g/mol. The Balaban J connectivity index is 3.05.